The number of nitrogens with zero attached hydrogens (tertiary/aromatic N) is 5. The fraction of sp³-hybridized carbons (Fsp3) is 0.588. The van der Waals surface area contributed by atoms with Gasteiger partial charge in [-0.25, -0.2) is 14.5 Å². The Balaban J connectivity index is 1.70. The first-order chi connectivity index (χ1) is 11.4. The summed E-state index contributed by atoms with van der Waals surface area (Å²) in [7, 11) is 0. The number of hydrogen-bond acceptors (Lipinski definition) is 3. The van der Waals surface area contributed by atoms with E-state index < -0.39 is 0 Å². The van der Waals surface area contributed by atoms with Gasteiger partial charge >= 0.3 is 6.03 Å². The molecule has 0 bridgehead atoms. The Kier molecular flexibility index (Phi) is 4.34. The number of nitrogens with one attached hydrogen (secondary N) is 1. The van der Waals surface area contributed by atoms with Crippen molar-refractivity contribution >= 4 is 11.8 Å². The van der Waals surface area contributed by atoms with Gasteiger partial charge in [-0.05, 0) is 40.5 Å². The van der Waals surface area contributed by atoms with Crippen molar-refractivity contribution in [1.29, 1.82) is 0 Å². The van der Waals surface area contributed by atoms with Crippen LogP contribution < -0.4 is 5.32 Å². The zero-order chi connectivity index (χ0) is 17.3. The van der Waals surface area contributed by atoms with Crippen molar-refractivity contribution < 1.29 is 4.79 Å². The molecule has 1 saturated heterocycles. The minimum Gasteiger partial charge on any atom is -0.333 e. The number of aromatic nitrogens is 4. The van der Waals surface area contributed by atoms with Crippen LogP contribution in [-0.4, -0.2) is 42.8 Å². The van der Waals surface area contributed by atoms with E-state index in [0.29, 0.717) is 0 Å². The highest BCUT2D eigenvalue weighted by Gasteiger charge is 2.30. The highest BCUT2D eigenvalue weighted by Crippen LogP contribution is 2.23. The maximum Gasteiger partial charge on any atom is 0.323 e. The van der Waals surface area contributed by atoms with Crippen LogP contribution in [-0.2, 0) is 12.1 Å². The second-order valence-electron chi connectivity index (χ2n) is 7.35. The van der Waals surface area contributed by atoms with Gasteiger partial charge in [-0.2, -0.15) is 5.10 Å². The summed E-state index contributed by atoms with van der Waals surface area (Å²) in [5.41, 5.74) is -0.176. The van der Waals surface area contributed by atoms with Gasteiger partial charge in [-0.3, -0.25) is 5.32 Å². The Bertz CT molecular complexity index is 711. The molecule has 130 valence electrons. The molecular weight excluding hydrogens is 304 g/mol. The maximum absolute atomic E-state index is 12.8. The van der Waals surface area contributed by atoms with E-state index in [-0.39, 0.29) is 17.6 Å². The van der Waals surface area contributed by atoms with E-state index in [4.69, 9.17) is 0 Å². The molecule has 7 nitrogen and oxygen atoms in total. The van der Waals surface area contributed by atoms with Gasteiger partial charge in [-0.1, -0.05) is 0 Å². The van der Waals surface area contributed by atoms with Crippen molar-refractivity contribution in [1.82, 2.24) is 24.2 Å². The van der Waals surface area contributed by atoms with Crippen molar-refractivity contribution in [2.45, 2.75) is 58.7 Å². The van der Waals surface area contributed by atoms with E-state index in [1.165, 1.54) is 0 Å². The van der Waals surface area contributed by atoms with Crippen molar-refractivity contribution in [3.05, 3.63) is 30.5 Å². The number of urea groups is 1. The van der Waals surface area contributed by atoms with Gasteiger partial charge in [0.05, 0.1) is 17.8 Å². The van der Waals surface area contributed by atoms with Crippen LogP contribution in [0.2, 0.25) is 0 Å². The van der Waals surface area contributed by atoms with Crippen LogP contribution in [0.3, 0.4) is 0 Å². The van der Waals surface area contributed by atoms with Crippen molar-refractivity contribution in [2.24, 2.45) is 0 Å². The van der Waals surface area contributed by atoms with Gasteiger partial charge in [0.2, 0.25) is 0 Å². The monoisotopic (exact) mass is 330 g/mol. The highest BCUT2D eigenvalue weighted by molar-refractivity contribution is 5.88. The third kappa shape index (κ3) is 3.29. The molecule has 0 aromatic carbocycles. The predicted octanol–water partition coefficient (Wildman–Crippen LogP) is 2.84. The molecule has 1 unspecified atom stereocenters. The SMILES string of the molecule is Cc1nccn1CC1CCCN1C(=O)Nc1ccnn1C(C)(C)C. The molecule has 0 saturated carbocycles. The standard InChI is InChI=1S/C17H26N6O/c1-13-18-9-11-21(13)12-14-6-5-10-22(14)16(24)20-15-7-8-19-23(15)17(2,3)4/h7-9,11,14H,5-6,10,12H2,1-4H3,(H,20,24). The molecule has 24 heavy (non-hydrogen) atoms. The van der Waals surface area contributed by atoms with E-state index in [9.17, 15) is 4.79 Å². The minimum atomic E-state index is -0.176. The summed E-state index contributed by atoms with van der Waals surface area (Å²) >= 11 is 0. The molecule has 0 aliphatic carbocycles. The third-order valence-electron chi connectivity index (χ3n) is 4.48. The van der Waals surface area contributed by atoms with E-state index in [2.05, 4.69) is 40.7 Å². The van der Waals surface area contributed by atoms with Crippen LogP contribution in [0.15, 0.2) is 24.7 Å². The molecular formula is C17H26N6O. The van der Waals surface area contributed by atoms with Crippen molar-refractivity contribution in [3.63, 3.8) is 0 Å². The van der Waals surface area contributed by atoms with Crippen LogP contribution >= 0.6 is 0 Å². The summed E-state index contributed by atoms with van der Waals surface area (Å²) in [4.78, 5) is 19.0. The second kappa shape index (κ2) is 6.30. The topological polar surface area (TPSA) is 68.0 Å². The number of aryl methyl sites for hydroxylation is 1. The molecule has 7 heteroatoms. The summed E-state index contributed by atoms with van der Waals surface area (Å²) < 4.78 is 3.95. The average molecular weight is 330 g/mol. The molecule has 1 fully saturated rings. The third-order valence-corrected chi connectivity index (χ3v) is 4.48. The molecule has 2 amide bonds. The van der Waals surface area contributed by atoms with Crippen LogP contribution in [0, 0.1) is 6.92 Å². The van der Waals surface area contributed by atoms with Crippen LogP contribution in [0.4, 0.5) is 10.6 Å². The maximum atomic E-state index is 12.8. The predicted molar refractivity (Wildman–Crippen MR) is 92.9 cm³/mol. The number of anilines is 1. The lowest BCUT2D eigenvalue weighted by molar-refractivity contribution is 0.200. The van der Waals surface area contributed by atoms with E-state index in [0.717, 1.165) is 37.6 Å². The number of imidazole rings is 1. The van der Waals surface area contributed by atoms with Gasteiger partial charge in [0.25, 0.3) is 0 Å². The van der Waals surface area contributed by atoms with Crippen molar-refractivity contribution in [3.8, 4) is 0 Å². The number of carbonyl (C=O) groups excluding carboxylic acids is 1. The lowest BCUT2D eigenvalue weighted by Crippen LogP contribution is -2.41. The van der Waals surface area contributed by atoms with Crippen LogP contribution in [0.5, 0.6) is 0 Å². The molecule has 0 radical (unpaired) electrons. The molecule has 2 aromatic rings. The number of likely N-dealkylation sites (tertiary alicyclic amines) is 1. The Hall–Kier alpha value is -2.31. The van der Waals surface area contributed by atoms with Gasteiger partial charge in [0.1, 0.15) is 11.6 Å². The number of rotatable bonds is 3. The van der Waals surface area contributed by atoms with Gasteiger partial charge < -0.3 is 9.47 Å². The molecule has 1 atom stereocenters. The van der Waals surface area contributed by atoms with E-state index in [1.54, 1.807) is 12.4 Å². The number of hydrogen-bond donors (Lipinski definition) is 1. The fourth-order valence-electron chi connectivity index (χ4n) is 3.23. The van der Waals surface area contributed by atoms with Crippen molar-refractivity contribution in [2.75, 3.05) is 11.9 Å². The number of amides is 2. The normalized spacial score (nSPS) is 18.2. The molecule has 1 aliphatic heterocycles. The molecule has 1 N–H and O–H groups in total. The van der Waals surface area contributed by atoms with Gasteiger partial charge in [0.15, 0.2) is 0 Å². The zero-order valence-electron chi connectivity index (χ0n) is 14.9. The van der Waals surface area contributed by atoms with E-state index in [1.807, 2.05) is 28.8 Å². The summed E-state index contributed by atoms with van der Waals surface area (Å²) in [5, 5.41) is 7.36. The molecule has 3 heterocycles. The number of carbonyl (C=O) groups is 1. The zero-order valence-corrected chi connectivity index (χ0v) is 14.9. The Morgan fingerprint density at radius 3 is 2.83 bits per heavy atom. The molecule has 1 aliphatic rings. The van der Waals surface area contributed by atoms with Crippen LogP contribution in [0.25, 0.3) is 0 Å². The summed E-state index contributed by atoms with van der Waals surface area (Å²) in [6.45, 7) is 9.76. The second-order valence-corrected chi connectivity index (χ2v) is 7.35. The smallest absolute Gasteiger partial charge is 0.323 e. The summed E-state index contributed by atoms with van der Waals surface area (Å²) in [6.07, 6.45) is 7.54. The van der Waals surface area contributed by atoms with Gasteiger partial charge in [-0.15, -0.1) is 0 Å². The molecule has 3 rings (SSSR count). The summed E-state index contributed by atoms with van der Waals surface area (Å²) in [6, 6.07) is 1.99. The van der Waals surface area contributed by atoms with E-state index >= 15 is 0 Å². The minimum absolute atomic E-state index is 0.0544. The average Bonchev–Trinajstić information content (AvgIpc) is 3.20. The summed E-state index contributed by atoms with van der Waals surface area (Å²) in [5.74, 6) is 1.71. The first-order valence-electron chi connectivity index (χ1n) is 8.46. The quantitative estimate of drug-likeness (QED) is 0.941. The fourth-order valence-corrected chi connectivity index (χ4v) is 3.23. The lowest BCUT2D eigenvalue weighted by atomic mass is 10.1. The van der Waals surface area contributed by atoms with Crippen LogP contribution in [0.1, 0.15) is 39.4 Å². The Morgan fingerprint density at radius 2 is 2.17 bits per heavy atom. The highest BCUT2D eigenvalue weighted by atomic mass is 16.2. The Morgan fingerprint density at radius 1 is 1.38 bits per heavy atom. The largest absolute Gasteiger partial charge is 0.333 e. The first-order valence-corrected chi connectivity index (χ1v) is 8.46. The Labute approximate surface area is 142 Å². The lowest BCUT2D eigenvalue weighted by Gasteiger charge is -2.27. The van der Waals surface area contributed by atoms with Gasteiger partial charge in [0, 0.05) is 31.5 Å². The first kappa shape index (κ1) is 16.5. The molecule has 0 spiro atoms. The molecule has 2 aromatic heterocycles.